The summed E-state index contributed by atoms with van der Waals surface area (Å²) in [6, 6.07) is 0. The standard InChI is InChI=1S/C18H24N2O4S2/c1-13-15(25-11-19-13)7-9-23-17(21)5-3-4-6-18(22)24-10-8-16-14(2)20-12-26-16/h11-12H,3-10H2,1-2H3. The number of thiazole rings is 2. The van der Waals surface area contributed by atoms with Crippen LogP contribution in [0.25, 0.3) is 0 Å². The van der Waals surface area contributed by atoms with Crippen molar-refractivity contribution in [2.24, 2.45) is 0 Å². The van der Waals surface area contributed by atoms with E-state index >= 15 is 0 Å². The predicted octanol–water partition coefficient (Wildman–Crippen LogP) is 3.65. The van der Waals surface area contributed by atoms with E-state index in [1.165, 1.54) is 0 Å². The Balaban J connectivity index is 1.47. The second kappa shape index (κ2) is 11.0. The van der Waals surface area contributed by atoms with Gasteiger partial charge in [-0.15, -0.1) is 22.7 Å². The summed E-state index contributed by atoms with van der Waals surface area (Å²) < 4.78 is 10.4. The number of aryl methyl sites for hydroxylation is 2. The first-order chi connectivity index (χ1) is 12.6. The molecule has 0 aliphatic carbocycles. The second-order valence-electron chi connectivity index (χ2n) is 5.87. The fraction of sp³-hybridized carbons (Fsp3) is 0.556. The molecule has 0 unspecified atom stereocenters. The van der Waals surface area contributed by atoms with Crippen LogP contribution in [-0.2, 0) is 31.9 Å². The summed E-state index contributed by atoms with van der Waals surface area (Å²) in [4.78, 5) is 34.0. The van der Waals surface area contributed by atoms with E-state index in [2.05, 4.69) is 9.97 Å². The molecule has 8 heteroatoms. The number of esters is 2. The van der Waals surface area contributed by atoms with Crippen molar-refractivity contribution in [3.05, 3.63) is 32.2 Å². The van der Waals surface area contributed by atoms with Gasteiger partial charge in [0.05, 0.1) is 35.6 Å². The van der Waals surface area contributed by atoms with Gasteiger partial charge in [0.15, 0.2) is 0 Å². The molecule has 0 bridgehead atoms. The zero-order valence-electron chi connectivity index (χ0n) is 15.2. The van der Waals surface area contributed by atoms with Gasteiger partial charge in [-0.25, -0.2) is 9.97 Å². The molecule has 0 fully saturated rings. The van der Waals surface area contributed by atoms with Gasteiger partial charge < -0.3 is 9.47 Å². The van der Waals surface area contributed by atoms with Crippen molar-refractivity contribution >= 4 is 34.6 Å². The van der Waals surface area contributed by atoms with Crippen LogP contribution in [0.2, 0.25) is 0 Å². The minimum absolute atomic E-state index is 0.221. The van der Waals surface area contributed by atoms with Crippen molar-refractivity contribution in [2.45, 2.75) is 52.4 Å². The third-order valence-electron chi connectivity index (χ3n) is 3.89. The van der Waals surface area contributed by atoms with Crippen molar-refractivity contribution in [1.82, 2.24) is 9.97 Å². The fourth-order valence-electron chi connectivity index (χ4n) is 2.33. The van der Waals surface area contributed by atoms with E-state index < -0.39 is 0 Å². The lowest BCUT2D eigenvalue weighted by Crippen LogP contribution is -2.09. The SMILES string of the molecule is Cc1ncsc1CCOC(=O)CCCCC(=O)OCCc1scnc1C. The molecule has 0 radical (unpaired) electrons. The molecular formula is C18H24N2O4S2. The first-order valence-corrected chi connectivity index (χ1v) is 10.4. The molecule has 0 spiro atoms. The number of nitrogens with zero attached hydrogens (tertiary/aromatic N) is 2. The van der Waals surface area contributed by atoms with Gasteiger partial charge in [0.2, 0.25) is 0 Å². The number of aromatic nitrogens is 2. The maximum absolute atomic E-state index is 11.7. The van der Waals surface area contributed by atoms with E-state index in [0.717, 1.165) is 21.1 Å². The van der Waals surface area contributed by atoms with Crippen LogP contribution in [-0.4, -0.2) is 35.1 Å². The topological polar surface area (TPSA) is 78.4 Å². The van der Waals surface area contributed by atoms with Crippen LogP contribution in [0.15, 0.2) is 11.0 Å². The van der Waals surface area contributed by atoms with Gasteiger partial charge in [-0.2, -0.15) is 0 Å². The molecule has 2 rings (SSSR count). The van der Waals surface area contributed by atoms with E-state index in [0.29, 0.717) is 51.7 Å². The third kappa shape index (κ3) is 7.21. The van der Waals surface area contributed by atoms with Gasteiger partial charge in [-0.3, -0.25) is 9.59 Å². The van der Waals surface area contributed by atoms with Crippen molar-refractivity contribution in [2.75, 3.05) is 13.2 Å². The van der Waals surface area contributed by atoms with Crippen LogP contribution in [0.5, 0.6) is 0 Å². The zero-order chi connectivity index (χ0) is 18.8. The first kappa shape index (κ1) is 20.5. The zero-order valence-corrected chi connectivity index (χ0v) is 16.8. The molecule has 0 aromatic carbocycles. The third-order valence-corrected chi connectivity index (χ3v) is 5.88. The summed E-state index contributed by atoms with van der Waals surface area (Å²) in [6.07, 6.45) is 3.31. The van der Waals surface area contributed by atoms with Gasteiger partial charge in [-0.1, -0.05) is 0 Å². The Morgan fingerprint density at radius 3 is 1.62 bits per heavy atom. The van der Waals surface area contributed by atoms with E-state index in [-0.39, 0.29) is 11.9 Å². The van der Waals surface area contributed by atoms with Crippen LogP contribution < -0.4 is 0 Å². The Kier molecular flexibility index (Phi) is 8.70. The van der Waals surface area contributed by atoms with E-state index in [1.807, 2.05) is 13.8 Å². The molecule has 2 heterocycles. The minimum Gasteiger partial charge on any atom is -0.465 e. The molecule has 0 saturated carbocycles. The number of carbonyl (C=O) groups is 2. The largest absolute Gasteiger partial charge is 0.465 e. The Morgan fingerprint density at radius 2 is 1.27 bits per heavy atom. The summed E-state index contributed by atoms with van der Waals surface area (Å²) in [5.74, 6) is -0.442. The number of carbonyl (C=O) groups excluding carboxylic acids is 2. The number of ether oxygens (including phenoxy) is 2. The van der Waals surface area contributed by atoms with Crippen LogP contribution in [0, 0.1) is 13.8 Å². The summed E-state index contributed by atoms with van der Waals surface area (Å²) in [7, 11) is 0. The summed E-state index contributed by atoms with van der Waals surface area (Å²) in [5, 5.41) is 0. The van der Waals surface area contributed by atoms with E-state index in [4.69, 9.17) is 9.47 Å². The van der Waals surface area contributed by atoms with Gasteiger partial charge in [0.25, 0.3) is 0 Å². The smallest absolute Gasteiger partial charge is 0.305 e. The van der Waals surface area contributed by atoms with Crippen LogP contribution in [0.1, 0.15) is 46.8 Å². The van der Waals surface area contributed by atoms with Crippen LogP contribution >= 0.6 is 22.7 Å². The van der Waals surface area contributed by atoms with Crippen LogP contribution in [0.3, 0.4) is 0 Å². The molecule has 0 N–H and O–H groups in total. The highest BCUT2D eigenvalue weighted by Gasteiger charge is 2.08. The number of unbranched alkanes of at least 4 members (excludes halogenated alkanes) is 1. The maximum Gasteiger partial charge on any atom is 0.305 e. The van der Waals surface area contributed by atoms with Gasteiger partial charge >= 0.3 is 11.9 Å². The number of rotatable bonds is 11. The Morgan fingerprint density at radius 1 is 0.846 bits per heavy atom. The van der Waals surface area contributed by atoms with Gasteiger partial charge in [-0.05, 0) is 26.7 Å². The lowest BCUT2D eigenvalue weighted by Gasteiger charge is -2.05. The highest BCUT2D eigenvalue weighted by Crippen LogP contribution is 2.14. The van der Waals surface area contributed by atoms with Crippen LogP contribution in [0.4, 0.5) is 0 Å². The first-order valence-electron chi connectivity index (χ1n) is 8.65. The van der Waals surface area contributed by atoms with E-state index in [9.17, 15) is 9.59 Å². The lowest BCUT2D eigenvalue weighted by atomic mass is 10.2. The Labute approximate surface area is 161 Å². The molecule has 6 nitrogen and oxygen atoms in total. The quantitative estimate of drug-likeness (QED) is 0.426. The Bertz CT molecular complexity index is 651. The molecular weight excluding hydrogens is 372 g/mol. The molecule has 26 heavy (non-hydrogen) atoms. The number of hydrogen-bond acceptors (Lipinski definition) is 8. The molecule has 2 aromatic rings. The summed E-state index contributed by atoms with van der Waals surface area (Å²) in [5.41, 5.74) is 5.58. The monoisotopic (exact) mass is 396 g/mol. The molecule has 0 saturated heterocycles. The van der Waals surface area contributed by atoms with Crippen molar-refractivity contribution < 1.29 is 19.1 Å². The minimum atomic E-state index is -0.221. The van der Waals surface area contributed by atoms with Crippen molar-refractivity contribution in [3.8, 4) is 0 Å². The second-order valence-corrected chi connectivity index (χ2v) is 7.75. The average Bonchev–Trinajstić information content (AvgIpc) is 3.20. The van der Waals surface area contributed by atoms with Crippen molar-refractivity contribution in [1.29, 1.82) is 0 Å². The highest BCUT2D eigenvalue weighted by atomic mass is 32.1. The average molecular weight is 397 g/mol. The highest BCUT2D eigenvalue weighted by molar-refractivity contribution is 7.10. The van der Waals surface area contributed by atoms with E-state index in [1.54, 1.807) is 33.7 Å². The number of hydrogen-bond donors (Lipinski definition) is 0. The molecule has 0 aliphatic rings. The van der Waals surface area contributed by atoms with Gasteiger partial charge in [0.1, 0.15) is 0 Å². The molecule has 0 amide bonds. The molecule has 142 valence electrons. The lowest BCUT2D eigenvalue weighted by molar-refractivity contribution is -0.145. The molecule has 0 atom stereocenters. The fourth-order valence-corrected chi connectivity index (χ4v) is 3.86. The Hall–Kier alpha value is -1.80. The summed E-state index contributed by atoms with van der Waals surface area (Å²) >= 11 is 3.15. The summed E-state index contributed by atoms with van der Waals surface area (Å²) in [6.45, 7) is 4.65. The molecule has 0 aliphatic heterocycles. The maximum atomic E-state index is 11.7. The normalized spacial score (nSPS) is 10.7. The van der Waals surface area contributed by atoms with Crippen molar-refractivity contribution in [3.63, 3.8) is 0 Å². The van der Waals surface area contributed by atoms with Gasteiger partial charge in [0, 0.05) is 35.4 Å². The molecule has 2 aromatic heterocycles. The predicted molar refractivity (Wildman–Crippen MR) is 101 cm³/mol.